The minimum Gasteiger partial charge on any atom is -0.398 e. The molecular formula is C14H23N3O. The van der Waals surface area contributed by atoms with Crippen molar-refractivity contribution in [3.8, 4) is 0 Å². The van der Waals surface area contributed by atoms with Crippen molar-refractivity contribution in [2.24, 2.45) is 0 Å². The maximum Gasteiger partial charge on any atom is 0.0700 e. The molecule has 18 heavy (non-hydrogen) atoms. The lowest BCUT2D eigenvalue weighted by molar-refractivity contribution is -0.0328. The molecule has 0 spiro atoms. The molecule has 1 aromatic heterocycles. The van der Waals surface area contributed by atoms with Crippen molar-refractivity contribution in [3.63, 3.8) is 0 Å². The number of morpholine rings is 1. The fourth-order valence-corrected chi connectivity index (χ4v) is 2.33. The average molecular weight is 249 g/mol. The smallest absolute Gasteiger partial charge is 0.0700 e. The van der Waals surface area contributed by atoms with Gasteiger partial charge in [0.2, 0.25) is 0 Å². The van der Waals surface area contributed by atoms with Crippen LogP contribution in [0.1, 0.15) is 30.2 Å². The molecule has 1 saturated heterocycles. The topological polar surface area (TPSA) is 51.4 Å². The molecule has 1 atom stereocenters. The maximum atomic E-state index is 6.06. The summed E-state index contributed by atoms with van der Waals surface area (Å²) >= 11 is 0. The van der Waals surface area contributed by atoms with Crippen LogP contribution in [0, 0.1) is 13.8 Å². The number of rotatable bonds is 3. The van der Waals surface area contributed by atoms with Crippen LogP contribution in [0.5, 0.6) is 0 Å². The molecule has 0 saturated carbocycles. The van der Waals surface area contributed by atoms with Crippen molar-refractivity contribution in [2.75, 3.05) is 25.4 Å². The Balaban J connectivity index is 2.07. The number of aryl methyl sites for hydroxylation is 1. The van der Waals surface area contributed by atoms with Gasteiger partial charge in [-0.25, -0.2) is 0 Å². The summed E-state index contributed by atoms with van der Waals surface area (Å²) in [6, 6.07) is 0. The highest BCUT2D eigenvalue weighted by molar-refractivity contribution is 5.53. The molecule has 4 heteroatoms. The van der Waals surface area contributed by atoms with Crippen LogP contribution in [0.25, 0.3) is 0 Å². The summed E-state index contributed by atoms with van der Waals surface area (Å²) in [4.78, 5) is 6.93. The van der Waals surface area contributed by atoms with Crippen LogP contribution >= 0.6 is 0 Å². The summed E-state index contributed by atoms with van der Waals surface area (Å²) in [6.45, 7) is 9.89. The molecule has 2 rings (SSSR count). The van der Waals surface area contributed by atoms with Gasteiger partial charge in [0, 0.05) is 31.5 Å². The minimum atomic E-state index is 0.363. The van der Waals surface area contributed by atoms with Crippen molar-refractivity contribution in [1.82, 2.24) is 9.88 Å². The quantitative estimate of drug-likeness (QED) is 0.889. The first-order valence-corrected chi connectivity index (χ1v) is 6.66. The number of aromatic nitrogens is 1. The van der Waals surface area contributed by atoms with Crippen molar-refractivity contribution in [2.45, 2.75) is 39.8 Å². The second-order valence-corrected chi connectivity index (χ2v) is 5.06. The average Bonchev–Trinajstić information content (AvgIpc) is 2.40. The highest BCUT2D eigenvalue weighted by Crippen LogP contribution is 2.20. The van der Waals surface area contributed by atoms with Crippen molar-refractivity contribution < 1.29 is 4.74 Å². The molecule has 0 aliphatic carbocycles. The van der Waals surface area contributed by atoms with Gasteiger partial charge in [0.25, 0.3) is 0 Å². The number of ether oxygens (including phenoxy) is 1. The van der Waals surface area contributed by atoms with Crippen LogP contribution in [-0.2, 0) is 11.3 Å². The molecule has 0 bridgehead atoms. The van der Waals surface area contributed by atoms with E-state index in [-0.39, 0.29) is 0 Å². The normalized spacial score (nSPS) is 21.2. The number of nitrogens with zero attached hydrogens (tertiary/aromatic N) is 2. The third kappa shape index (κ3) is 2.82. The van der Waals surface area contributed by atoms with E-state index in [9.17, 15) is 0 Å². The molecule has 1 aliphatic rings. The van der Waals surface area contributed by atoms with Crippen LogP contribution in [0.15, 0.2) is 6.20 Å². The number of hydrogen-bond acceptors (Lipinski definition) is 4. The first-order valence-electron chi connectivity index (χ1n) is 6.66. The second kappa shape index (κ2) is 5.67. The number of nitrogen functional groups attached to an aromatic ring is 1. The third-order valence-electron chi connectivity index (χ3n) is 3.73. The predicted octanol–water partition coefficient (Wildman–Crippen LogP) is 1.89. The van der Waals surface area contributed by atoms with Gasteiger partial charge in [0.15, 0.2) is 0 Å². The maximum absolute atomic E-state index is 6.06. The Labute approximate surface area is 109 Å². The first-order chi connectivity index (χ1) is 8.61. The summed E-state index contributed by atoms with van der Waals surface area (Å²) in [5.41, 5.74) is 10.2. The van der Waals surface area contributed by atoms with E-state index in [1.54, 1.807) is 0 Å². The van der Waals surface area contributed by atoms with E-state index in [1.165, 1.54) is 0 Å². The Morgan fingerprint density at radius 3 is 3.00 bits per heavy atom. The van der Waals surface area contributed by atoms with Gasteiger partial charge < -0.3 is 10.5 Å². The SMILES string of the molecule is CCC1CN(Cc2ncc(C)c(N)c2C)CCO1. The zero-order valence-electron chi connectivity index (χ0n) is 11.6. The molecule has 1 fully saturated rings. The van der Waals surface area contributed by atoms with E-state index in [0.29, 0.717) is 6.10 Å². The first kappa shape index (κ1) is 13.3. The number of hydrogen-bond donors (Lipinski definition) is 1. The summed E-state index contributed by atoms with van der Waals surface area (Å²) < 4.78 is 5.68. The molecular weight excluding hydrogens is 226 g/mol. The Morgan fingerprint density at radius 2 is 2.28 bits per heavy atom. The van der Waals surface area contributed by atoms with Gasteiger partial charge >= 0.3 is 0 Å². The lowest BCUT2D eigenvalue weighted by Crippen LogP contribution is -2.41. The van der Waals surface area contributed by atoms with Gasteiger partial charge in [-0.05, 0) is 31.4 Å². The van der Waals surface area contributed by atoms with Crippen LogP contribution < -0.4 is 5.73 Å². The fourth-order valence-electron chi connectivity index (χ4n) is 2.33. The van der Waals surface area contributed by atoms with Crippen LogP contribution in [0.2, 0.25) is 0 Å². The lowest BCUT2D eigenvalue weighted by atomic mass is 10.1. The fraction of sp³-hybridized carbons (Fsp3) is 0.643. The third-order valence-corrected chi connectivity index (χ3v) is 3.73. The summed E-state index contributed by atoms with van der Waals surface area (Å²) in [7, 11) is 0. The summed E-state index contributed by atoms with van der Waals surface area (Å²) in [6.07, 6.45) is 3.30. The Kier molecular flexibility index (Phi) is 4.19. The van der Waals surface area contributed by atoms with Crippen molar-refractivity contribution >= 4 is 5.69 Å². The Hall–Kier alpha value is -1.13. The zero-order chi connectivity index (χ0) is 13.1. The highest BCUT2D eigenvalue weighted by Gasteiger charge is 2.20. The van der Waals surface area contributed by atoms with Gasteiger partial charge in [-0.3, -0.25) is 9.88 Å². The standard InChI is InChI=1S/C14H23N3O/c1-4-12-8-17(5-6-18-12)9-13-11(3)14(15)10(2)7-16-13/h7,12H,4-6,8-9H2,1-3H3,(H2,15,16). The van der Waals surface area contributed by atoms with E-state index in [4.69, 9.17) is 10.5 Å². The highest BCUT2D eigenvalue weighted by atomic mass is 16.5. The van der Waals surface area contributed by atoms with E-state index in [1.807, 2.05) is 13.1 Å². The molecule has 2 heterocycles. The van der Waals surface area contributed by atoms with E-state index in [0.717, 1.165) is 55.2 Å². The zero-order valence-corrected chi connectivity index (χ0v) is 11.6. The van der Waals surface area contributed by atoms with Crippen molar-refractivity contribution in [3.05, 3.63) is 23.0 Å². The largest absolute Gasteiger partial charge is 0.398 e. The van der Waals surface area contributed by atoms with Crippen LogP contribution in [0.3, 0.4) is 0 Å². The van der Waals surface area contributed by atoms with Gasteiger partial charge in [-0.15, -0.1) is 0 Å². The molecule has 0 radical (unpaired) electrons. The van der Waals surface area contributed by atoms with Gasteiger partial charge in [0.1, 0.15) is 0 Å². The number of anilines is 1. The molecule has 0 amide bonds. The van der Waals surface area contributed by atoms with E-state index >= 15 is 0 Å². The number of pyridine rings is 1. The molecule has 2 N–H and O–H groups in total. The minimum absolute atomic E-state index is 0.363. The molecule has 1 aliphatic heterocycles. The van der Waals surface area contributed by atoms with E-state index < -0.39 is 0 Å². The van der Waals surface area contributed by atoms with E-state index in [2.05, 4.69) is 23.7 Å². The lowest BCUT2D eigenvalue weighted by Gasteiger charge is -2.32. The van der Waals surface area contributed by atoms with Gasteiger partial charge in [-0.1, -0.05) is 6.92 Å². The van der Waals surface area contributed by atoms with Gasteiger partial charge in [-0.2, -0.15) is 0 Å². The van der Waals surface area contributed by atoms with Crippen molar-refractivity contribution in [1.29, 1.82) is 0 Å². The molecule has 0 aromatic carbocycles. The summed E-state index contributed by atoms with van der Waals surface area (Å²) in [5, 5.41) is 0. The predicted molar refractivity (Wildman–Crippen MR) is 73.4 cm³/mol. The van der Waals surface area contributed by atoms with Crippen LogP contribution in [-0.4, -0.2) is 35.7 Å². The molecule has 1 aromatic rings. The Morgan fingerprint density at radius 1 is 1.50 bits per heavy atom. The Bertz CT molecular complexity index is 420. The molecule has 4 nitrogen and oxygen atoms in total. The summed E-state index contributed by atoms with van der Waals surface area (Å²) in [5.74, 6) is 0. The van der Waals surface area contributed by atoms with Gasteiger partial charge in [0.05, 0.1) is 18.4 Å². The number of nitrogens with two attached hydrogens (primary N) is 1. The van der Waals surface area contributed by atoms with Crippen LogP contribution in [0.4, 0.5) is 5.69 Å². The molecule has 100 valence electrons. The molecule has 1 unspecified atom stereocenters. The monoisotopic (exact) mass is 249 g/mol. The second-order valence-electron chi connectivity index (χ2n) is 5.06.